The van der Waals surface area contributed by atoms with Gasteiger partial charge >= 0.3 is 0 Å². The van der Waals surface area contributed by atoms with Gasteiger partial charge in [-0.05, 0) is 47.1 Å². The van der Waals surface area contributed by atoms with Gasteiger partial charge in [0.05, 0.1) is 22.2 Å². The SMILES string of the molecule is CCOc1c(Br)cc(Br)cc1/C=N\NS(=O)(=O)c1ccccc1. The molecule has 2 rings (SSSR count). The van der Waals surface area contributed by atoms with Crippen LogP contribution in [0.15, 0.2) is 61.4 Å². The van der Waals surface area contributed by atoms with E-state index in [2.05, 4.69) is 41.8 Å². The average molecular weight is 462 g/mol. The van der Waals surface area contributed by atoms with Gasteiger partial charge in [-0.1, -0.05) is 34.1 Å². The first kappa shape index (κ1) is 18.0. The molecule has 0 radical (unpaired) electrons. The van der Waals surface area contributed by atoms with Gasteiger partial charge in [0, 0.05) is 10.0 Å². The number of nitrogens with one attached hydrogen (secondary N) is 1. The van der Waals surface area contributed by atoms with E-state index >= 15 is 0 Å². The molecule has 0 aliphatic carbocycles. The minimum Gasteiger partial charge on any atom is -0.492 e. The van der Waals surface area contributed by atoms with E-state index in [-0.39, 0.29) is 4.90 Å². The van der Waals surface area contributed by atoms with Crippen LogP contribution in [0, 0.1) is 0 Å². The fourth-order valence-electron chi connectivity index (χ4n) is 1.79. The van der Waals surface area contributed by atoms with Gasteiger partial charge in [-0.25, -0.2) is 4.83 Å². The van der Waals surface area contributed by atoms with Gasteiger partial charge in [-0.15, -0.1) is 0 Å². The molecular weight excluding hydrogens is 448 g/mol. The van der Waals surface area contributed by atoms with Crippen LogP contribution in [0.5, 0.6) is 5.75 Å². The Morgan fingerprint density at radius 1 is 1.22 bits per heavy atom. The van der Waals surface area contributed by atoms with E-state index < -0.39 is 10.0 Å². The van der Waals surface area contributed by atoms with Gasteiger partial charge in [-0.2, -0.15) is 13.5 Å². The van der Waals surface area contributed by atoms with Crippen molar-refractivity contribution >= 4 is 48.1 Å². The lowest BCUT2D eigenvalue weighted by Gasteiger charge is -2.10. The van der Waals surface area contributed by atoms with Crippen LogP contribution in [0.3, 0.4) is 0 Å². The molecule has 0 fully saturated rings. The van der Waals surface area contributed by atoms with Crippen LogP contribution in [0.1, 0.15) is 12.5 Å². The Bertz CT molecular complexity index is 809. The van der Waals surface area contributed by atoms with Gasteiger partial charge < -0.3 is 4.74 Å². The standard InChI is InChI=1S/C15H14Br2N2O3S/c1-2-22-15-11(8-12(16)9-14(15)17)10-18-19-23(20,21)13-6-4-3-5-7-13/h3-10,19H,2H2,1H3/b18-10-. The molecule has 0 amide bonds. The molecule has 5 nitrogen and oxygen atoms in total. The van der Waals surface area contributed by atoms with E-state index in [1.165, 1.54) is 18.3 Å². The first-order valence-corrected chi connectivity index (χ1v) is 9.72. The third-order valence-electron chi connectivity index (χ3n) is 2.76. The molecule has 0 heterocycles. The van der Waals surface area contributed by atoms with E-state index in [1.807, 2.05) is 13.0 Å². The maximum atomic E-state index is 12.1. The second-order valence-electron chi connectivity index (χ2n) is 4.40. The van der Waals surface area contributed by atoms with Crippen LogP contribution in [-0.4, -0.2) is 21.2 Å². The summed E-state index contributed by atoms with van der Waals surface area (Å²) in [6, 6.07) is 11.7. The number of rotatable bonds is 6. The number of hydrogen-bond donors (Lipinski definition) is 1. The first-order valence-electron chi connectivity index (χ1n) is 6.66. The van der Waals surface area contributed by atoms with Gasteiger partial charge in [0.25, 0.3) is 10.0 Å². The molecule has 0 saturated heterocycles. The summed E-state index contributed by atoms with van der Waals surface area (Å²) in [5, 5.41) is 3.83. The minimum atomic E-state index is -3.69. The molecule has 0 spiro atoms. The van der Waals surface area contributed by atoms with Crippen LogP contribution in [0.2, 0.25) is 0 Å². The monoisotopic (exact) mass is 460 g/mol. The highest BCUT2D eigenvalue weighted by Crippen LogP contribution is 2.32. The van der Waals surface area contributed by atoms with Crippen LogP contribution in [0.25, 0.3) is 0 Å². The van der Waals surface area contributed by atoms with Crippen molar-refractivity contribution in [3.63, 3.8) is 0 Å². The van der Waals surface area contributed by atoms with Crippen LogP contribution < -0.4 is 9.57 Å². The lowest BCUT2D eigenvalue weighted by Crippen LogP contribution is -2.18. The predicted octanol–water partition coefficient (Wildman–Crippen LogP) is 3.92. The number of sulfonamides is 1. The van der Waals surface area contributed by atoms with E-state index in [0.717, 1.165) is 8.95 Å². The maximum Gasteiger partial charge on any atom is 0.276 e. The Morgan fingerprint density at radius 3 is 2.57 bits per heavy atom. The molecule has 0 aliphatic heterocycles. The summed E-state index contributed by atoms with van der Waals surface area (Å²) in [7, 11) is -3.69. The van der Waals surface area contributed by atoms with Crippen molar-refractivity contribution in [2.24, 2.45) is 5.10 Å². The van der Waals surface area contributed by atoms with Gasteiger partial charge in [0.2, 0.25) is 0 Å². The van der Waals surface area contributed by atoms with Crippen LogP contribution in [-0.2, 0) is 10.0 Å². The molecule has 0 atom stereocenters. The largest absolute Gasteiger partial charge is 0.492 e. The summed E-state index contributed by atoms with van der Waals surface area (Å²) in [4.78, 5) is 2.34. The lowest BCUT2D eigenvalue weighted by molar-refractivity contribution is 0.337. The second kappa shape index (κ2) is 7.94. The zero-order chi connectivity index (χ0) is 16.9. The number of ether oxygens (including phenoxy) is 1. The molecule has 2 aromatic rings. The molecule has 1 N–H and O–H groups in total. The van der Waals surface area contributed by atoms with Crippen molar-refractivity contribution < 1.29 is 13.2 Å². The molecular formula is C15H14Br2N2O3S. The second-order valence-corrected chi connectivity index (χ2v) is 7.84. The molecule has 0 aromatic heterocycles. The molecule has 2 aromatic carbocycles. The van der Waals surface area contributed by atoms with Crippen molar-refractivity contribution in [2.45, 2.75) is 11.8 Å². The van der Waals surface area contributed by atoms with E-state index in [1.54, 1.807) is 24.3 Å². The van der Waals surface area contributed by atoms with E-state index in [0.29, 0.717) is 17.9 Å². The summed E-state index contributed by atoms with van der Waals surface area (Å²) < 4.78 is 31.3. The zero-order valence-electron chi connectivity index (χ0n) is 12.2. The summed E-state index contributed by atoms with van der Waals surface area (Å²) in [5.74, 6) is 0.596. The van der Waals surface area contributed by atoms with Crippen molar-refractivity contribution in [3.8, 4) is 5.75 Å². The summed E-state index contributed by atoms with van der Waals surface area (Å²) >= 11 is 6.79. The highest BCUT2D eigenvalue weighted by Gasteiger charge is 2.12. The molecule has 8 heteroatoms. The predicted molar refractivity (Wildman–Crippen MR) is 97.4 cm³/mol. The fraction of sp³-hybridized carbons (Fsp3) is 0.133. The highest BCUT2D eigenvalue weighted by atomic mass is 79.9. The number of nitrogens with zero attached hydrogens (tertiary/aromatic N) is 1. The molecule has 0 aliphatic rings. The van der Waals surface area contributed by atoms with Gasteiger partial charge in [0.15, 0.2) is 0 Å². The van der Waals surface area contributed by atoms with Crippen LogP contribution >= 0.6 is 31.9 Å². The number of hydrazone groups is 1. The molecule has 23 heavy (non-hydrogen) atoms. The highest BCUT2D eigenvalue weighted by molar-refractivity contribution is 9.11. The summed E-state index contributed by atoms with van der Waals surface area (Å²) in [6.07, 6.45) is 1.40. The number of hydrogen-bond acceptors (Lipinski definition) is 4. The first-order chi connectivity index (χ1) is 10.9. The maximum absolute atomic E-state index is 12.1. The Balaban J connectivity index is 2.24. The van der Waals surface area contributed by atoms with Crippen molar-refractivity contribution in [3.05, 3.63) is 57.0 Å². The zero-order valence-corrected chi connectivity index (χ0v) is 16.2. The van der Waals surface area contributed by atoms with Gasteiger partial charge in [0.1, 0.15) is 5.75 Å². The topological polar surface area (TPSA) is 67.8 Å². The number of benzene rings is 2. The Hall–Kier alpha value is -1.38. The Morgan fingerprint density at radius 2 is 1.91 bits per heavy atom. The van der Waals surface area contributed by atoms with Crippen LogP contribution in [0.4, 0.5) is 0 Å². The summed E-state index contributed by atoms with van der Waals surface area (Å²) in [5.41, 5.74) is 0.642. The molecule has 0 unspecified atom stereocenters. The van der Waals surface area contributed by atoms with Crippen molar-refractivity contribution in [2.75, 3.05) is 6.61 Å². The normalized spacial score (nSPS) is 11.6. The Kier molecular flexibility index (Phi) is 6.20. The molecule has 122 valence electrons. The van der Waals surface area contributed by atoms with Crippen molar-refractivity contribution in [1.29, 1.82) is 0 Å². The molecule has 0 bridgehead atoms. The average Bonchev–Trinajstić information content (AvgIpc) is 2.51. The third kappa shape index (κ3) is 4.79. The molecule has 0 saturated carbocycles. The lowest BCUT2D eigenvalue weighted by atomic mass is 10.2. The quantitative estimate of drug-likeness (QED) is 0.523. The number of halogens is 2. The minimum absolute atomic E-state index is 0.151. The van der Waals surface area contributed by atoms with E-state index in [4.69, 9.17) is 4.74 Å². The van der Waals surface area contributed by atoms with Gasteiger partial charge in [-0.3, -0.25) is 0 Å². The Labute approximate surface area is 152 Å². The summed E-state index contributed by atoms with van der Waals surface area (Å²) in [6.45, 7) is 2.35. The third-order valence-corrected chi connectivity index (χ3v) is 5.04. The van der Waals surface area contributed by atoms with E-state index in [9.17, 15) is 8.42 Å². The van der Waals surface area contributed by atoms with Crippen molar-refractivity contribution in [1.82, 2.24) is 4.83 Å². The fourth-order valence-corrected chi connectivity index (χ4v) is 3.98. The smallest absolute Gasteiger partial charge is 0.276 e.